The Morgan fingerprint density at radius 1 is 1.08 bits per heavy atom. The van der Waals surface area contributed by atoms with Crippen molar-refractivity contribution in [1.29, 1.82) is 0 Å². The Labute approximate surface area is 151 Å². The molecule has 3 rings (SSSR count). The monoisotopic (exact) mass is 385 g/mol. The third kappa shape index (κ3) is 3.31. The SMILES string of the molecule is COc1cc2c(cc1OC)CN(S(=O)(=O)c1ccc(F)cc1Cl)CC2. The largest absolute Gasteiger partial charge is 0.493 e. The first-order valence-corrected chi connectivity index (χ1v) is 9.37. The molecule has 0 amide bonds. The van der Waals surface area contributed by atoms with Gasteiger partial charge in [-0.25, -0.2) is 12.8 Å². The van der Waals surface area contributed by atoms with E-state index in [1.54, 1.807) is 13.2 Å². The number of hydrogen-bond acceptors (Lipinski definition) is 4. The van der Waals surface area contributed by atoms with E-state index in [0.717, 1.165) is 23.3 Å². The number of rotatable bonds is 4. The van der Waals surface area contributed by atoms with Crippen LogP contribution in [0.25, 0.3) is 0 Å². The van der Waals surface area contributed by atoms with Gasteiger partial charge in [0, 0.05) is 13.1 Å². The van der Waals surface area contributed by atoms with E-state index in [0.29, 0.717) is 24.5 Å². The van der Waals surface area contributed by atoms with Crippen molar-refractivity contribution in [3.8, 4) is 11.5 Å². The summed E-state index contributed by atoms with van der Waals surface area (Å²) in [6.45, 7) is 0.490. The van der Waals surface area contributed by atoms with Gasteiger partial charge >= 0.3 is 0 Å². The average Bonchev–Trinajstić information content (AvgIpc) is 2.59. The Morgan fingerprint density at radius 3 is 2.32 bits per heavy atom. The number of fused-ring (bicyclic) bond motifs is 1. The third-order valence-electron chi connectivity index (χ3n) is 4.19. The Morgan fingerprint density at radius 2 is 1.72 bits per heavy atom. The van der Waals surface area contributed by atoms with Gasteiger partial charge in [-0.15, -0.1) is 0 Å². The van der Waals surface area contributed by atoms with Crippen LogP contribution in [-0.2, 0) is 23.0 Å². The molecule has 0 atom stereocenters. The minimum atomic E-state index is -3.82. The minimum Gasteiger partial charge on any atom is -0.493 e. The lowest BCUT2D eigenvalue weighted by molar-refractivity contribution is 0.348. The smallest absolute Gasteiger partial charge is 0.244 e. The van der Waals surface area contributed by atoms with Gasteiger partial charge in [-0.3, -0.25) is 0 Å². The van der Waals surface area contributed by atoms with Gasteiger partial charge < -0.3 is 9.47 Å². The fraction of sp³-hybridized carbons (Fsp3) is 0.294. The highest BCUT2D eigenvalue weighted by Crippen LogP contribution is 2.35. The van der Waals surface area contributed by atoms with E-state index in [-0.39, 0.29) is 16.5 Å². The van der Waals surface area contributed by atoms with Crippen LogP contribution in [0.15, 0.2) is 35.2 Å². The number of nitrogens with zero attached hydrogens (tertiary/aromatic N) is 1. The van der Waals surface area contributed by atoms with Crippen molar-refractivity contribution >= 4 is 21.6 Å². The van der Waals surface area contributed by atoms with E-state index in [1.807, 2.05) is 6.07 Å². The Bertz CT molecular complexity index is 917. The van der Waals surface area contributed by atoms with Crippen molar-refractivity contribution in [2.24, 2.45) is 0 Å². The van der Waals surface area contributed by atoms with Gasteiger partial charge in [0.15, 0.2) is 11.5 Å². The van der Waals surface area contributed by atoms with Crippen LogP contribution in [0.3, 0.4) is 0 Å². The number of benzene rings is 2. The summed E-state index contributed by atoms with van der Waals surface area (Å²) in [7, 11) is -0.741. The van der Waals surface area contributed by atoms with Crippen LogP contribution in [0.4, 0.5) is 4.39 Å². The molecule has 5 nitrogen and oxygen atoms in total. The van der Waals surface area contributed by atoms with Crippen molar-refractivity contribution in [2.75, 3.05) is 20.8 Å². The van der Waals surface area contributed by atoms with Crippen LogP contribution in [0.5, 0.6) is 11.5 Å². The maximum absolute atomic E-state index is 13.2. The van der Waals surface area contributed by atoms with Gasteiger partial charge in [0.05, 0.1) is 19.2 Å². The van der Waals surface area contributed by atoms with Crippen LogP contribution < -0.4 is 9.47 Å². The van der Waals surface area contributed by atoms with Crippen LogP contribution in [0.1, 0.15) is 11.1 Å². The van der Waals surface area contributed by atoms with Crippen molar-refractivity contribution in [3.05, 3.63) is 52.3 Å². The zero-order valence-corrected chi connectivity index (χ0v) is 15.3. The molecule has 0 bridgehead atoms. The summed E-state index contributed by atoms with van der Waals surface area (Å²) in [4.78, 5) is -0.0977. The van der Waals surface area contributed by atoms with Gasteiger partial charge in [0.1, 0.15) is 10.7 Å². The summed E-state index contributed by atoms with van der Waals surface area (Å²) in [5.41, 5.74) is 1.85. The minimum absolute atomic E-state index is 0.0977. The number of methoxy groups -OCH3 is 2. The van der Waals surface area contributed by atoms with Gasteiger partial charge in [-0.1, -0.05) is 11.6 Å². The number of halogens is 2. The molecule has 1 aliphatic heterocycles. The summed E-state index contributed by atoms with van der Waals surface area (Å²) < 4.78 is 50.9. The molecular formula is C17H17ClFNO4S. The maximum atomic E-state index is 13.2. The van der Waals surface area contributed by atoms with Crippen molar-refractivity contribution in [2.45, 2.75) is 17.9 Å². The molecule has 0 saturated carbocycles. The lowest BCUT2D eigenvalue weighted by atomic mass is 10.0. The Hall–Kier alpha value is -1.83. The average molecular weight is 386 g/mol. The number of sulfonamides is 1. The fourth-order valence-corrected chi connectivity index (χ4v) is 4.81. The molecule has 8 heteroatoms. The third-order valence-corrected chi connectivity index (χ3v) is 6.52. The molecule has 0 unspecified atom stereocenters. The molecule has 0 spiro atoms. The second-order valence-corrected chi connectivity index (χ2v) is 7.95. The Balaban J connectivity index is 1.96. The molecule has 0 radical (unpaired) electrons. The molecule has 0 aromatic heterocycles. The van der Waals surface area contributed by atoms with E-state index < -0.39 is 15.8 Å². The molecule has 2 aromatic carbocycles. The summed E-state index contributed by atoms with van der Waals surface area (Å²) in [5, 5.41) is -0.127. The first kappa shape index (κ1) is 18.0. The predicted octanol–water partition coefficient (Wildman–Crippen LogP) is 3.24. The van der Waals surface area contributed by atoms with E-state index in [9.17, 15) is 12.8 Å². The first-order valence-electron chi connectivity index (χ1n) is 7.56. The maximum Gasteiger partial charge on any atom is 0.244 e. The fourth-order valence-electron chi connectivity index (χ4n) is 2.89. The molecule has 0 saturated heterocycles. The van der Waals surface area contributed by atoms with E-state index in [2.05, 4.69) is 0 Å². The highest BCUT2D eigenvalue weighted by atomic mass is 35.5. The summed E-state index contributed by atoms with van der Waals surface area (Å²) in [6, 6.07) is 6.92. The van der Waals surface area contributed by atoms with Gasteiger partial charge in [0.2, 0.25) is 10.0 Å². The molecule has 1 heterocycles. The van der Waals surface area contributed by atoms with Gasteiger partial charge in [0.25, 0.3) is 0 Å². The van der Waals surface area contributed by atoms with Crippen molar-refractivity contribution < 1.29 is 22.3 Å². The first-order chi connectivity index (χ1) is 11.9. The summed E-state index contributed by atoms with van der Waals surface area (Å²) >= 11 is 5.94. The predicted molar refractivity (Wildman–Crippen MR) is 92.3 cm³/mol. The molecule has 0 N–H and O–H groups in total. The van der Waals surface area contributed by atoms with E-state index in [1.165, 1.54) is 17.5 Å². The van der Waals surface area contributed by atoms with Crippen LogP contribution in [-0.4, -0.2) is 33.5 Å². The molecule has 2 aromatic rings. The van der Waals surface area contributed by atoms with Crippen molar-refractivity contribution in [1.82, 2.24) is 4.31 Å². The zero-order chi connectivity index (χ0) is 18.2. The number of ether oxygens (including phenoxy) is 2. The van der Waals surface area contributed by atoms with Gasteiger partial charge in [-0.05, 0) is 47.9 Å². The van der Waals surface area contributed by atoms with E-state index in [4.69, 9.17) is 21.1 Å². The quantitative estimate of drug-likeness (QED) is 0.810. The number of hydrogen-bond donors (Lipinski definition) is 0. The molecule has 0 fully saturated rings. The van der Waals surface area contributed by atoms with Crippen molar-refractivity contribution in [3.63, 3.8) is 0 Å². The highest BCUT2D eigenvalue weighted by molar-refractivity contribution is 7.89. The van der Waals surface area contributed by atoms with Crippen LogP contribution in [0, 0.1) is 5.82 Å². The highest BCUT2D eigenvalue weighted by Gasteiger charge is 2.31. The van der Waals surface area contributed by atoms with Gasteiger partial charge in [-0.2, -0.15) is 4.31 Å². The second kappa shape index (κ2) is 6.82. The lowest BCUT2D eigenvalue weighted by Gasteiger charge is -2.29. The van der Waals surface area contributed by atoms with Crippen LogP contribution in [0.2, 0.25) is 5.02 Å². The van der Waals surface area contributed by atoms with Crippen LogP contribution >= 0.6 is 11.6 Å². The molecule has 0 aliphatic carbocycles. The topological polar surface area (TPSA) is 55.8 Å². The summed E-state index contributed by atoms with van der Waals surface area (Å²) in [5.74, 6) is 0.573. The normalized spacial score (nSPS) is 14.9. The lowest BCUT2D eigenvalue weighted by Crippen LogP contribution is -2.36. The molecular weight excluding hydrogens is 369 g/mol. The Kier molecular flexibility index (Phi) is 4.90. The molecule has 25 heavy (non-hydrogen) atoms. The molecule has 1 aliphatic rings. The zero-order valence-electron chi connectivity index (χ0n) is 13.8. The standard InChI is InChI=1S/C17H17ClFNO4S/c1-23-15-7-11-5-6-20(10-12(11)8-16(15)24-2)25(21,22)17-4-3-13(19)9-14(17)18/h3-4,7-9H,5-6,10H2,1-2H3. The van der Waals surface area contributed by atoms with E-state index >= 15 is 0 Å². The second-order valence-electron chi connectivity index (χ2n) is 5.64. The molecule has 134 valence electrons. The summed E-state index contributed by atoms with van der Waals surface area (Å²) in [6.07, 6.45) is 0.535.